The third-order valence-electron chi connectivity index (χ3n) is 6.27. The Kier molecular flexibility index (Phi) is 6.34. The highest BCUT2D eigenvalue weighted by Gasteiger charge is 2.26. The number of aromatic nitrogens is 3. The second-order valence-electron chi connectivity index (χ2n) is 9.03. The number of hydrogen-bond donors (Lipinski definition) is 3. The smallest absolute Gasteiger partial charge is 0.164 e. The van der Waals surface area contributed by atoms with Gasteiger partial charge in [-0.05, 0) is 51.9 Å². The average molecular weight is 466 g/mol. The Morgan fingerprint density at radius 3 is 2.85 bits per heavy atom. The molecule has 1 fully saturated rings. The lowest BCUT2D eigenvalue weighted by Crippen LogP contribution is -2.29. The minimum Gasteiger partial charge on any atom is -0.395 e. The van der Waals surface area contributed by atoms with E-state index in [0.717, 1.165) is 43.9 Å². The zero-order valence-electron chi connectivity index (χ0n) is 19.2. The van der Waals surface area contributed by atoms with Gasteiger partial charge in [0.15, 0.2) is 5.82 Å². The number of thiophene rings is 1. The molecule has 1 saturated heterocycles. The molecular weight excluding hydrogens is 434 g/mol. The second kappa shape index (κ2) is 9.38. The van der Waals surface area contributed by atoms with Crippen molar-refractivity contribution in [2.75, 3.05) is 44.7 Å². The molecule has 0 radical (unpaired) electrons. The summed E-state index contributed by atoms with van der Waals surface area (Å²) >= 11 is 1.66. The quantitative estimate of drug-likeness (QED) is 0.335. The molecule has 0 unspecified atom stereocenters. The molecule has 3 N–H and O–H groups in total. The SMILES string of the molecule is CC(C)(OCCN1CCCC1)c1cc2nc(-c3c[nH]c4ccccc34)nc(NCCO)c2s1. The molecule has 4 heterocycles. The molecule has 0 spiro atoms. The Labute approximate surface area is 197 Å². The number of nitrogens with one attached hydrogen (secondary N) is 2. The van der Waals surface area contributed by atoms with Crippen LogP contribution in [-0.4, -0.2) is 64.4 Å². The van der Waals surface area contributed by atoms with Crippen LogP contribution in [0.15, 0.2) is 36.5 Å². The van der Waals surface area contributed by atoms with E-state index in [-0.39, 0.29) is 6.61 Å². The summed E-state index contributed by atoms with van der Waals surface area (Å²) in [5.74, 6) is 1.41. The summed E-state index contributed by atoms with van der Waals surface area (Å²) in [5, 5.41) is 13.8. The van der Waals surface area contributed by atoms with E-state index >= 15 is 0 Å². The molecule has 0 atom stereocenters. The van der Waals surface area contributed by atoms with Gasteiger partial charge in [0.1, 0.15) is 5.82 Å². The van der Waals surface area contributed by atoms with E-state index in [1.807, 2.05) is 24.4 Å². The molecule has 4 aromatic rings. The van der Waals surface area contributed by atoms with Crippen LogP contribution in [0.25, 0.3) is 32.5 Å². The van der Waals surface area contributed by atoms with Crippen molar-refractivity contribution in [3.8, 4) is 11.4 Å². The lowest BCUT2D eigenvalue weighted by atomic mass is 10.1. The van der Waals surface area contributed by atoms with Crippen molar-refractivity contribution >= 4 is 38.3 Å². The number of ether oxygens (including phenoxy) is 1. The van der Waals surface area contributed by atoms with Crippen LogP contribution in [0.1, 0.15) is 31.6 Å². The van der Waals surface area contributed by atoms with Crippen LogP contribution < -0.4 is 5.32 Å². The van der Waals surface area contributed by atoms with E-state index in [1.54, 1.807) is 11.3 Å². The van der Waals surface area contributed by atoms with Crippen LogP contribution in [0, 0.1) is 0 Å². The zero-order chi connectivity index (χ0) is 22.8. The van der Waals surface area contributed by atoms with Gasteiger partial charge in [-0.1, -0.05) is 18.2 Å². The minimum absolute atomic E-state index is 0.0389. The Bertz CT molecular complexity index is 1240. The first-order chi connectivity index (χ1) is 16.0. The van der Waals surface area contributed by atoms with E-state index in [4.69, 9.17) is 14.7 Å². The zero-order valence-corrected chi connectivity index (χ0v) is 20.0. The van der Waals surface area contributed by atoms with E-state index < -0.39 is 5.60 Å². The van der Waals surface area contributed by atoms with Gasteiger partial charge in [-0.2, -0.15) is 0 Å². The van der Waals surface area contributed by atoms with E-state index in [0.29, 0.717) is 19.0 Å². The number of benzene rings is 1. The van der Waals surface area contributed by atoms with Gasteiger partial charge in [-0.3, -0.25) is 0 Å². The number of likely N-dealkylation sites (tertiary alicyclic amines) is 1. The van der Waals surface area contributed by atoms with Gasteiger partial charge < -0.3 is 25.0 Å². The molecule has 174 valence electrons. The summed E-state index contributed by atoms with van der Waals surface area (Å²) in [7, 11) is 0. The molecule has 0 saturated carbocycles. The lowest BCUT2D eigenvalue weighted by Gasteiger charge is -2.25. The highest BCUT2D eigenvalue weighted by atomic mass is 32.1. The van der Waals surface area contributed by atoms with Gasteiger partial charge in [0, 0.05) is 40.6 Å². The highest BCUT2D eigenvalue weighted by molar-refractivity contribution is 7.19. The van der Waals surface area contributed by atoms with Crippen LogP contribution in [0.2, 0.25) is 0 Å². The van der Waals surface area contributed by atoms with Crippen molar-refractivity contribution in [1.29, 1.82) is 0 Å². The predicted molar refractivity (Wildman–Crippen MR) is 135 cm³/mol. The number of aliphatic hydroxyl groups excluding tert-OH is 1. The fraction of sp³-hybridized carbons (Fsp3) is 0.440. The molecule has 1 aromatic carbocycles. The Morgan fingerprint density at radius 2 is 2.03 bits per heavy atom. The highest BCUT2D eigenvalue weighted by Crippen LogP contribution is 2.39. The number of H-pyrrole nitrogens is 1. The Morgan fingerprint density at radius 1 is 1.21 bits per heavy atom. The molecule has 0 aliphatic carbocycles. The van der Waals surface area contributed by atoms with Crippen molar-refractivity contribution < 1.29 is 9.84 Å². The molecule has 1 aliphatic heterocycles. The number of para-hydroxylation sites is 1. The summed E-state index contributed by atoms with van der Waals surface area (Å²) < 4.78 is 7.33. The molecule has 0 amide bonds. The first-order valence-electron chi connectivity index (χ1n) is 11.6. The maximum Gasteiger partial charge on any atom is 0.164 e. The summed E-state index contributed by atoms with van der Waals surface area (Å²) in [6.45, 7) is 8.76. The predicted octanol–water partition coefficient (Wildman–Crippen LogP) is 4.59. The van der Waals surface area contributed by atoms with Gasteiger partial charge >= 0.3 is 0 Å². The lowest BCUT2D eigenvalue weighted by molar-refractivity contribution is -0.0262. The summed E-state index contributed by atoms with van der Waals surface area (Å²) in [4.78, 5) is 16.7. The molecule has 33 heavy (non-hydrogen) atoms. The summed E-state index contributed by atoms with van der Waals surface area (Å²) in [5.41, 5.74) is 2.50. The monoisotopic (exact) mass is 465 g/mol. The van der Waals surface area contributed by atoms with E-state index in [9.17, 15) is 5.11 Å². The number of aromatic amines is 1. The first-order valence-corrected chi connectivity index (χ1v) is 12.5. The van der Waals surface area contributed by atoms with Crippen molar-refractivity contribution in [2.45, 2.75) is 32.3 Å². The average Bonchev–Trinajstić information content (AvgIpc) is 3.56. The summed E-state index contributed by atoms with van der Waals surface area (Å²) in [6.07, 6.45) is 4.54. The maximum atomic E-state index is 9.38. The Hall–Kier alpha value is -2.52. The second-order valence-corrected chi connectivity index (χ2v) is 10.1. The van der Waals surface area contributed by atoms with Crippen LogP contribution >= 0.6 is 11.3 Å². The minimum atomic E-state index is -0.416. The molecule has 3 aromatic heterocycles. The summed E-state index contributed by atoms with van der Waals surface area (Å²) in [6, 6.07) is 10.3. The molecular formula is C25H31N5O2S. The van der Waals surface area contributed by atoms with Gasteiger partial charge in [0.25, 0.3) is 0 Å². The van der Waals surface area contributed by atoms with Crippen LogP contribution in [0.5, 0.6) is 0 Å². The molecule has 7 nitrogen and oxygen atoms in total. The first kappa shape index (κ1) is 22.3. The van der Waals surface area contributed by atoms with Gasteiger partial charge in [-0.15, -0.1) is 11.3 Å². The number of hydrogen-bond acceptors (Lipinski definition) is 7. The fourth-order valence-electron chi connectivity index (χ4n) is 4.40. The van der Waals surface area contributed by atoms with Crippen LogP contribution in [0.3, 0.4) is 0 Å². The van der Waals surface area contributed by atoms with Gasteiger partial charge in [-0.25, -0.2) is 9.97 Å². The third kappa shape index (κ3) is 4.61. The van der Waals surface area contributed by atoms with Crippen molar-refractivity contribution in [2.24, 2.45) is 0 Å². The fourth-order valence-corrected chi connectivity index (χ4v) is 5.52. The standard InChI is InChI=1S/C25H31N5O2S/c1-25(2,32-14-12-30-10-5-6-11-30)21-15-20-22(33-21)24(26-9-13-31)29-23(28-20)18-16-27-19-8-4-3-7-17(18)19/h3-4,7-8,15-16,27,31H,5-6,9-14H2,1-2H3,(H,26,28,29). The number of anilines is 1. The number of nitrogens with zero attached hydrogens (tertiary/aromatic N) is 3. The van der Waals surface area contributed by atoms with Gasteiger partial charge in [0.2, 0.25) is 0 Å². The van der Waals surface area contributed by atoms with E-state index in [2.05, 4.69) is 41.2 Å². The number of aliphatic hydroxyl groups is 1. The van der Waals surface area contributed by atoms with Crippen molar-refractivity contribution in [1.82, 2.24) is 19.9 Å². The van der Waals surface area contributed by atoms with Crippen LogP contribution in [0.4, 0.5) is 5.82 Å². The van der Waals surface area contributed by atoms with Gasteiger partial charge in [0.05, 0.1) is 29.0 Å². The Balaban J connectivity index is 1.47. The van der Waals surface area contributed by atoms with Crippen molar-refractivity contribution in [3.63, 3.8) is 0 Å². The van der Waals surface area contributed by atoms with Crippen LogP contribution in [-0.2, 0) is 10.3 Å². The molecule has 1 aliphatic rings. The number of fused-ring (bicyclic) bond motifs is 2. The van der Waals surface area contributed by atoms with Crippen molar-refractivity contribution in [3.05, 3.63) is 41.4 Å². The maximum absolute atomic E-state index is 9.38. The molecule has 8 heteroatoms. The largest absolute Gasteiger partial charge is 0.395 e. The van der Waals surface area contributed by atoms with E-state index in [1.165, 1.54) is 25.9 Å². The third-order valence-corrected chi connectivity index (χ3v) is 7.70. The topological polar surface area (TPSA) is 86.3 Å². The number of rotatable bonds is 9. The molecule has 5 rings (SSSR count). The molecule has 0 bridgehead atoms. The normalized spacial score (nSPS) is 15.1.